The molecule has 0 aromatic heterocycles. The molecular weight excluding hydrogens is 380 g/mol. The van der Waals surface area contributed by atoms with Gasteiger partial charge in [-0.15, -0.1) is 0 Å². The van der Waals surface area contributed by atoms with Gasteiger partial charge < -0.3 is 19.5 Å². The van der Waals surface area contributed by atoms with E-state index in [1.54, 1.807) is 0 Å². The molecule has 9 nitrogen and oxygen atoms in total. The Balaban J connectivity index is 2.04. The minimum Gasteiger partial charge on any atom is -0.490 e. The van der Waals surface area contributed by atoms with Crippen molar-refractivity contribution in [1.82, 2.24) is 4.90 Å². The van der Waals surface area contributed by atoms with E-state index >= 15 is 0 Å². The second-order valence-electron chi connectivity index (χ2n) is 6.52. The zero-order valence-electron chi connectivity index (χ0n) is 15.7. The second kappa shape index (κ2) is 8.59. The number of amides is 1. The lowest BCUT2D eigenvalue weighted by Crippen LogP contribution is -2.40. The minimum absolute atomic E-state index is 0.00221. The molecule has 1 amide bonds. The third-order valence-electron chi connectivity index (χ3n) is 4.75. The minimum atomic E-state index is -1.15. The van der Waals surface area contributed by atoms with E-state index in [9.17, 15) is 24.8 Å². The molecule has 29 heavy (non-hydrogen) atoms. The fourth-order valence-corrected chi connectivity index (χ4v) is 3.37. The van der Waals surface area contributed by atoms with E-state index in [0.29, 0.717) is 12.8 Å². The number of nitrogens with zero attached hydrogens (tertiary/aromatic N) is 2. The molecule has 1 aliphatic rings. The van der Waals surface area contributed by atoms with Gasteiger partial charge in [-0.25, -0.2) is 4.79 Å². The highest BCUT2D eigenvalue weighted by atomic mass is 16.6. The van der Waals surface area contributed by atoms with Crippen molar-refractivity contribution in [1.29, 1.82) is 0 Å². The van der Waals surface area contributed by atoms with Crippen molar-refractivity contribution >= 4 is 17.6 Å². The Hall–Kier alpha value is -3.62. The third-order valence-corrected chi connectivity index (χ3v) is 4.75. The molecule has 2 aromatic rings. The van der Waals surface area contributed by atoms with Crippen LogP contribution < -0.4 is 9.47 Å². The van der Waals surface area contributed by atoms with Gasteiger partial charge in [-0.3, -0.25) is 14.9 Å². The Morgan fingerprint density at radius 3 is 2.52 bits per heavy atom. The molecule has 0 spiro atoms. The average molecular weight is 400 g/mol. The van der Waals surface area contributed by atoms with Gasteiger partial charge >= 0.3 is 11.7 Å². The molecular formula is C20H20N2O7. The van der Waals surface area contributed by atoms with Crippen molar-refractivity contribution in [2.45, 2.75) is 25.5 Å². The van der Waals surface area contributed by atoms with Crippen molar-refractivity contribution in [2.24, 2.45) is 0 Å². The number of nitro benzene ring substituents is 1. The number of rotatable bonds is 7. The first-order chi connectivity index (χ1) is 13.9. The summed E-state index contributed by atoms with van der Waals surface area (Å²) in [5, 5.41) is 21.1. The first-order valence-electron chi connectivity index (χ1n) is 9.00. The normalized spacial score (nSPS) is 15.8. The third kappa shape index (κ3) is 4.13. The molecule has 1 aliphatic heterocycles. The Morgan fingerprint density at radius 1 is 1.21 bits per heavy atom. The average Bonchev–Trinajstić information content (AvgIpc) is 3.22. The summed E-state index contributed by atoms with van der Waals surface area (Å²) < 4.78 is 10.8. The molecule has 152 valence electrons. The molecule has 1 atom stereocenters. The molecule has 1 heterocycles. The zero-order chi connectivity index (χ0) is 21.0. The number of carbonyl (C=O) groups excluding carboxylic acids is 1. The van der Waals surface area contributed by atoms with Crippen LogP contribution in [0.15, 0.2) is 42.5 Å². The van der Waals surface area contributed by atoms with Crippen molar-refractivity contribution in [3.05, 3.63) is 63.7 Å². The molecule has 0 bridgehead atoms. The van der Waals surface area contributed by atoms with Gasteiger partial charge in [0.1, 0.15) is 18.4 Å². The SMILES string of the molecule is COc1ccc(OCc2ccccc2)c(C(=O)N2CCCC2C(=O)O)c1[N+](=O)[O-]. The standard InChI is InChI=1S/C20H20N2O7/c1-28-16-10-9-15(29-12-13-6-3-2-4-7-13)17(18(16)22(26)27)19(23)21-11-5-8-14(21)20(24)25/h2-4,6-7,9-10,14H,5,8,11-12H2,1H3,(H,24,25). The maximum absolute atomic E-state index is 13.2. The Bertz CT molecular complexity index is 930. The summed E-state index contributed by atoms with van der Waals surface area (Å²) in [6.07, 6.45) is 0.791. The van der Waals surface area contributed by atoms with E-state index in [1.165, 1.54) is 19.2 Å². The maximum Gasteiger partial charge on any atom is 0.327 e. The lowest BCUT2D eigenvalue weighted by Gasteiger charge is -2.23. The molecule has 9 heteroatoms. The van der Waals surface area contributed by atoms with Gasteiger partial charge in [0.25, 0.3) is 5.91 Å². The molecule has 1 N–H and O–H groups in total. The predicted octanol–water partition coefficient (Wildman–Crippen LogP) is 2.87. The zero-order valence-corrected chi connectivity index (χ0v) is 15.7. The number of carbonyl (C=O) groups is 2. The number of ether oxygens (including phenoxy) is 2. The van der Waals surface area contributed by atoms with Crippen LogP contribution in [0.4, 0.5) is 5.69 Å². The maximum atomic E-state index is 13.2. The highest BCUT2D eigenvalue weighted by Gasteiger charge is 2.40. The van der Waals surface area contributed by atoms with E-state index < -0.39 is 28.5 Å². The van der Waals surface area contributed by atoms with Crippen LogP contribution in [0.25, 0.3) is 0 Å². The molecule has 1 saturated heterocycles. The summed E-state index contributed by atoms with van der Waals surface area (Å²) in [5.41, 5.74) is -0.0357. The second-order valence-corrected chi connectivity index (χ2v) is 6.52. The van der Waals surface area contributed by atoms with Crippen molar-refractivity contribution in [3.8, 4) is 11.5 Å². The molecule has 0 saturated carbocycles. The van der Waals surface area contributed by atoms with Crippen LogP contribution in [0.1, 0.15) is 28.8 Å². The lowest BCUT2D eigenvalue weighted by molar-refractivity contribution is -0.386. The first kappa shape index (κ1) is 20.1. The van der Waals surface area contributed by atoms with Gasteiger partial charge in [0.15, 0.2) is 11.3 Å². The van der Waals surface area contributed by atoms with Gasteiger partial charge in [0.05, 0.1) is 12.0 Å². The van der Waals surface area contributed by atoms with Crippen LogP contribution in [0.5, 0.6) is 11.5 Å². The summed E-state index contributed by atoms with van der Waals surface area (Å²) in [7, 11) is 1.26. The number of benzene rings is 2. The van der Waals surface area contributed by atoms with Crippen LogP contribution >= 0.6 is 0 Å². The summed E-state index contributed by atoms with van der Waals surface area (Å²) in [6, 6.07) is 10.9. The van der Waals surface area contributed by atoms with E-state index in [-0.39, 0.29) is 30.2 Å². The van der Waals surface area contributed by atoms with E-state index in [1.807, 2.05) is 30.3 Å². The Kier molecular flexibility index (Phi) is 5.96. The molecule has 3 rings (SSSR count). The summed E-state index contributed by atoms with van der Waals surface area (Å²) >= 11 is 0. The molecule has 0 radical (unpaired) electrons. The Labute approximate surface area is 166 Å². The van der Waals surface area contributed by atoms with Crippen LogP contribution in [-0.4, -0.2) is 46.5 Å². The van der Waals surface area contributed by atoms with Crippen molar-refractivity contribution < 1.29 is 29.1 Å². The molecule has 2 aromatic carbocycles. The Morgan fingerprint density at radius 2 is 1.90 bits per heavy atom. The largest absolute Gasteiger partial charge is 0.490 e. The lowest BCUT2D eigenvalue weighted by atomic mass is 10.1. The van der Waals surface area contributed by atoms with E-state index in [2.05, 4.69) is 0 Å². The predicted molar refractivity (Wildman–Crippen MR) is 102 cm³/mol. The molecule has 0 aliphatic carbocycles. The molecule has 1 unspecified atom stereocenters. The van der Waals surface area contributed by atoms with Gasteiger partial charge in [0.2, 0.25) is 0 Å². The molecule has 1 fully saturated rings. The number of hydrogen-bond donors (Lipinski definition) is 1. The first-order valence-corrected chi connectivity index (χ1v) is 9.00. The highest BCUT2D eigenvalue weighted by molar-refractivity contribution is 6.03. The van der Waals surface area contributed by atoms with Crippen LogP contribution in [0.3, 0.4) is 0 Å². The smallest absolute Gasteiger partial charge is 0.327 e. The van der Waals surface area contributed by atoms with Crippen LogP contribution in [0, 0.1) is 10.1 Å². The number of aliphatic carboxylic acids is 1. The van der Waals surface area contributed by atoms with E-state index in [4.69, 9.17) is 9.47 Å². The number of likely N-dealkylation sites (tertiary alicyclic amines) is 1. The number of carboxylic acid groups (broad SMARTS) is 1. The van der Waals surface area contributed by atoms with Gasteiger partial charge in [-0.2, -0.15) is 0 Å². The fourth-order valence-electron chi connectivity index (χ4n) is 3.37. The quantitative estimate of drug-likeness (QED) is 0.560. The number of carboxylic acids is 1. The van der Waals surface area contributed by atoms with E-state index in [0.717, 1.165) is 10.5 Å². The van der Waals surface area contributed by atoms with Gasteiger partial charge in [0, 0.05) is 6.54 Å². The van der Waals surface area contributed by atoms with Crippen LogP contribution in [-0.2, 0) is 11.4 Å². The summed E-state index contributed by atoms with van der Waals surface area (Å²) in [5.74, 6) is -2.00. The monoisotopic (exact) mass is 400 g/mol. The van der Waals surface area contributed by atoms with Crippen LogP contribution in [0.2, 0.25) is 0 Å². The number of nitro groups is 1. The number of methoxy groups -OCH3 is 1. The summed E-state index contributed by atoms with van der Waals surface area (Å²) in [6.45, 7) is 0.287. The number of hydrogen-bond acceptors (Lipinski definition) is 6. The topological polar surface area (TPSA) is 119 Å². The van der Waals surface area contributed by atoms with Gasteiger partial charge in [-0.05, 0) is 30.5 Å². The van der Waals surface area contributed by atoms with Crippen molar-refractivity contribution in [2.75, 3.05) is 13.7 Å². The van der Waals surface area contributed by atoms with Crippen molar-refractivity contribution in [3.63, 3.8) is 0 Å². The highest BCUT2D eigenvalue weighted by Crippen LogP contribution is 2.39. The summed E-state index contributed by atoms with van der Waals surface area (Å²) in [4.78, 5) is 36.9. The fraction of sp³-hybridized carbons (Fsp3) is 0.300. The van der Waals surface area contributed by atoms with Gasteiger partial charge in [-0.1, -0.05) is 30.3 Å².